The standard InChI is InChI=1S/C13H21N3O3/c14-11(15-18)13(5-1-2-6-13)12(17)16-7-9-3-4-10(8-16)19-9/h9-10,18H,1-8H2,(H2,14,15). The second kappa shape index (κ2) is 4.67. The van der Waals surface area contributed by atoms with Crippen LogP contribution >= 0.6 is 0 Å². The molecule has 6 nitrogen and oxygen atoms in total. The zero-order valence-electron chi connectivity index (χ0n) is 11.0. The molecule has 1 saturated carbocycles. The number of carbonyl (C=O) groups excluding carboxylic acids is 1. The number of hydrogen-bond acceptors (Lipinski definition) is 4. The monoisotopic (exact) mass is 267 g/mol. The van der Waals surface area contributed by atoms with Gasteiger partial charge in [-0.2, -0.15) is 0 Å². The topological polar surface area (TPSA) is 88.2 Å². The van der Waals surface area contributed by atoms with Crippen LogP contribution in [-0.4, -0.2) is 47.1 Å². The molecule has 3 rings (SSSR count). The van der Waals surface area contributed by atoms with Crippen LogP contribution in [0.5, 0.6) is 0 Å². The first kappa shape index (κ1) is 12.7. The molecule has 1 amide bonds. The molecule has 6 heteroatoms. The van der Waals surface area contributed by atoms with Gasteiger partial charge in [0.1, 0.15) is 5.41 Å². The Morgan fingerprint density at radius 1 is 1.26 bits per heavy atom. The predicted molar refractivity (Wildman–Crippen MR) is 68.8 cm³/mol. The smallest absolute Gasteiger partial charge is 0.236 e. The van der Waals surface area contributed by atoms with Crippen LogP contribution in [0, 0.1) is 5.41 Å². The van der Waals surface area contributed by atoms with Crippen LogP contribution < -0.4 is 5.73 Å². The third kappa shape index (κ3) is 1.98. The van der Waals surface area contributed by atoms with Crippen LogP contribution in [0.3, 0.4) is 0 Å². The molecule has 1 aliphatic carbocycles. The van der Waals surface area contributed by atoms with Crippen molar-refractivity contribution < 1.29 is 14.7 Å². The fourth-order valence-electron chi connectivity index (χ4n) is 3.74. The van der Waals surface area contributed by atoms with Crippen molar-refractivity contribution in [3.63, 3.8) is 0 Å². The van der Waals surface area contributed by atoms with Crippen LogP contribution in [0.15, 0.2) is 5.16 Å². The van der Waals surface area contributed by atoms with Gasteiger partial charge < -0.3 is 20.6 Å². The molecule has 3 N–H and O–H groups in total. The van der Waals surface area contributed by atoms with Gasteiger partial charge >= 0.3 is 0 Å². The number of amidine groups is 1. The predicted octanol–water partition coefficient (Wildman–Crippen LogP) is 0.683. The van der Waals surface area contributed by atoms with E-state index in [9.17, 15) is 4.79 Å². The molecular weight excluding hydrogens is 246 g/mol. The maximum Gasteiger partial charge on any atom is 0.236 e. The zero-order chi connectivity index (χ0) is 13.5. The molecule has 0 spiro atoms. The van der Waals surface area contributed by atoms with Gasteiger partial charge in [-0.1, -0.05) is 18.0 Å². The van der Waals surface area contributed by atoms with Crippen molar-refractivity contribution in [1.29, 1.82) is 0 Å². The normalized spacial score (nSPS) is 33.7. The number of carbonyl (C=O) groups is 1. The van der Waals surface area contributed by atoms with E-state index in [-0.39, 0.29) is 24.0 Å². The van der Waals surface area contributed by atoms with E-state index in [4.69, 9.17) is 15.7 Å². The molecule has 106 valence electrons. The Morgan fingerprint density at radius 3 is 2.37 bits per heavy atom. The average Bonchev–Trinajstić information content (AvgIpc) is 3.05. The molecule has 19 heavy (non-hydrogen) atoms. The summed E-state index contributed by atoms with van der Waals surface area (Å²) >= 11 is 0. The summed E-state index contributed by atoms with van der Waals surface area (Å²) in [5.74, 6) is 0.106. The summed E-state index contributed by atoms with van der Waals surface area (Å²) in [5, 5.41) is 12.1. The Hall–Kier alpha value is -1.30. The van der Waals surface area contributed by atoms with Gasteiger partial charge in [0.05, 0.1) is 12.2 Å². The lowest BCUT2D eigenvalue weighted by atomic mass is 9.83. The first-order valence-electron chi connectivity index (χ1n) is 7.08. The van der Waals surface area contributed by atoms with Gasteiger partial charge in [0.25, 0.3) is 0 Å². The van der Waals surface area contributed by atoms with Crippen molar-refractivity contribution in [3.8, 4) is 0 Å². The van der Waals surface area contributed by atoms with E-state index >= 15 is 0 Å². The Morgan fingerprint density at radius 2 is 1.84 bits per heavy atom. The summed E-state index contributed by atoms with van der Waals surface area (Å²) in [6.07, 6.45) is 5.71. The van der Waals surface area contributed by atoms with Gasteiger partial charge in [-0.15, -0.1) is 0 Å². The molecule has 2 aliphatic heterocycles. The van der Waals surface area contributed by atoms with E-state index < -0.39 is 5.41 Å². The van der Waals surface area contributed by atoms with Crippen molar-refractivity contribution in [1.82, 2.24) is 4.90 Å². The SMILES string of the molecule is NC(=NO)C1(C(=O)N2CC3CCC(C2)O3)CCCC1. The Labute approximate surface area is 112 Å². The van der Waals surface area contributed by atoms with E-state index in [1.54, 1.807) is 0 Å². The number of nitrogens with two attached hydrogens (primary N) is 1. The minimum atomic E-state index is -0.772. The van der Waals surface area contributed by atoms with Crippen molar-refractivity contribution in [2.45, 2.75) is 50.7 Å². The van der Waals surface area contributed by atoms with Gasteiger partial charge in [0.15, 0.2) is 5.84 Å². The largest absolute Gasteiger partial charge is 0.409 e. The summed E-state index contributed by atoms with van der Waals surface area (Å²) < 4.78 is 5.76. The molecule has 2 saturated heterocycles. The number of hydrogen-bond donors (Lipinski definition) is 2. The van der Waals surface area contributed by atoms with Crippen molar-refractivity contribution in [2.24, 2.45) is 16.3 Å². The molecule has 2 bridgehead atoms. The molecule has 3 aliphatic rings. The Kier molecular flexibility index (Phi) is 3.12. The fraction of sp³-hybridized carbons (Fsp3) is 0.846. The third-order valence-electron chi connectivity index (χ3n) is 4.80. The minimum Gasteiger partial charge on any atom is -0.409 e. The minimum absolute atomic E-state index is 0.0282. The van der Waals surface area contributed by atoms with E-state index in [1.807, 2.05) is 4.90 Å². The quantitative estimate of drug-likeness (QED) is 0.333. The molecule has 0 aromatic carbocycles. The van der Waals surface area contributed by atoms with Gasteiger partial charge in [-0.05, 0) is 25.7 Å². The number of fused-ring (bicyclic) bond motifs is 2. The molecular formula is C13H21N3O3. The number of rotatable bonds is 2. The molecule has 2 heterocycles. The van der Waals surface area contributed by atoms with Gasteiger partial charge in [0, 0.05) is 13.1 Å². The van der Waals surface area contributed by atoms with Crippen LogP contribution in [-0.2, 0) is 9.53 Å². The van der Waals surface area contributed by atoms with E-state index in [2.05, 4.69) is 5.16 Å². The molecule has 3 fully saturated rings. The number of nitrogens with zero attached hydrogens (tertiary/aromatic N) is 2. The summed E-state index contributed by atoms with van der Waals surface area (Å²) in [6.45, 7) is 1.30. The Bertz CT molecular complexity index is 392. The number of ether oxygens (including phenoxy) is 1. The maximum absolute atomic E-state index is 12.8. The van der Waals surface area contributed by atoms with Gasteiger partial charge in [-0.25, -0.2) is 0 Å². The maximum atomic E-state index is 12.8. The first-order chi connectivity index (χ1) is 9.15. The summed E-state index contributed by atoms with van der Waals surface area (Å²) in [4.78, 5) is 14.7. The second-order valence-corrected chi connectivity index (χ2v) is 5.94. The number of likely N-dealkylation sites (tertiary alicyclic amines) is 1. The lowest BCUT2D eigenvalue weighted by Gasteiger charge is -2.38. The van der Waals surface area contributed by atoms with Gasteiger partial charge in [-0.3, -0.25) is 4.79 Å². The lowest BCUT2D eigenvalue weighted by molar-refractivity contribution is -0.147. The molecule has 0 aromatic heterocycles. The number of oxime groups is 1. The number of amides is 1. The highest BCUT2D eigenvalue weighted by Crippen LogP contribution is 2.41. The zero-order valence-corrected chi connectivity index (χ0v) is 11.0. The van der Waals surface area contributed by atoms with E-state index in [0.717, 1.165) is 25.7 Å². The third-order valence-corrected chi connectivity index (χ3v) is 4.80. The average molecular weight is 267 g/mol. The van der Waals surface area contributed by atoms with Crippen molar-refractivity contribution >= 4 is 11.7 Å². The van der Waals surface area contributed by atoms with Crippen molar-refractivity contribution in [2.75, 3.05) is 13.1 Å². The first-order valence-corrected chi connectivity index (χ1v) is 7.08. The molecule has 2 unspecified atom stereocenters. The van der Waals surface area contributed by atoms with Crippen LogP contribution in [0.4, 0.5) is 0 Å². The summed E-state index contributed by atoms with van der Waals surface area (Å²) in [6, 6.07) is 0. The van der Waals surface area contributed by atoms with E-state index in [1.165, 1.54) is 0 Å². The highest BCUT2D eigenvalue weighted by atomic mass is 16.5. The lowest BCUT2D eigenvalue weighted by Crippen LogP contribution is -2.55. The molecule has 0 radical (unpaired) electrons. The van der Waals surface area contributed by atoms with E-state index in [0.29, 0.717) is 25.9 Å². The highest BCUT2D eigenvalue weighted by molar-refractivity contribution is 6.07. The summed E-state index contributed by atoms with van der Waals surface area (Å²) in [7, 11) is 0. The molecule has 0 aromatic rings. The second-order valence-electron chi connectivity index (χ2n) is 5.94. The highest BCUT2D eigenvalue weighted by Gasteiger charge is 2.49. The fourth-order valence-corrected chi connectivity index (χ4v) is 3.74. The van der Waals surface area contributed by atoms with Crippen LogP contribution in [0.25, 0.3) is 0 Å². The Balaban J connectivity index is 1.81. The number of morpholine rings is 1. The van der Waals surface area contributed by atoms with Crippen LogP contribution in [0.1, 0.15) is 38.5 Å². The molecule has 2 atom stereocenters. The van der Waals surface area contributed by atoms with Crippen molar-refractivity contribution in [3.05, 3.63) is 0 Å². The van der Waals surface area contributed by atoms with Gasteiger partial charge in [0.2, 0.25) is 5.91 Å². The van der Waals surface area contributed by atoms with Crippen LogP contribution in [0.2, 0.25) is 0 Å². The summed E-state index contributed by atoms with van der Waals surface area (Å²) in [5.41, 5.74) is 5.05.